The minimum atomic E-state index is -0.454. The molecule has 0 heterocycles. The summed E-state index contributed by atoms with van der Waals surface area (Å²) in [5.41, 5.74) is 14.7. The van der Waals surface area contributed by atoms with Crippen molar-refractivity contribution in [3.05, 3.63) is 106 Å². The topological polar surface area (TPSA) is 87.1 Å². The number of hydrogen-bond acceptors (Lipinski definition) is 3. The average molecular weight is 396 g/mol. The first-order valence-electron chi connectivity index (χ1n) is 9.67. The second kappa shape index (κ2) is 8.99. The molecule has 6 heteroatoms. The van der Waals surface area contributed by atoms with Gasteiger partial charge in [0.15, 0.2) is 0 Å². The highest BCUT2D eigenvalue weighted by atomic mass is 16.5. The van der Waals surface area contributed by atoms with Crippen LogP contribution in [0.25, 0.3) is 27.6 Å². The largest absolute Gasteiger partial charge is 0.449 e. The summed E-state index contributed by atoms with van der Waals surface area (Å²) in [6.45, 7) is 0.625. The molecule has 0 aliphatic heterocycles. The molecule has 6 nitrogen and oxygen atoms in total. The number of fused-ring (bicyclic) bond motifs is 3. The van der Waals surface area contributed by atoms with Crippen LogP contribution in [0.15, 0.2) is 84.0 Å². The van der Waals surface area contributed by atoms with Crippen molar-refractivity contribution in [2.24, 2.45) is 5.11 Å². The van der Waals surface area contributed by atoms with Crippen molar-refractivity contribution in [3.63, 3.8) is 0 Å². The number of carbonyl (C=O) groups excluding carboxylic acids is 1. The number of benzene rings is 3. The maximum absolute atomic E-state index is 12.2. The first kappa shape index (κ1) is 19.3. The van der Waals surface area contributed by atoms with Crippen LogP contribution in [0, 0.1) is 0 Å². The predicted octanol–water partition coefficient (Wildman–Crippen LogP) is 6.18. The van der Waals surface area contributed by atoms with Gasteiger partial charge >= 0.3 is 6.09 Å². The van der Waals surface area contributed by atoms with E-state index in [-0.39, 0.29) is 12.5 Å². The third-order valence-electron chi connectivity index (χ3n) is 5.05. The minimum Gasteiger partial charge on any atom is -0.449 e. The third-order valence-corrected chi connectivity index (χ3v) is 5.05. The van der Waals surface area contributed by atoms with Gasteiger partial charge in [-0.3, -0.25) is 0 Å². The lowest BCUT2D eigenvalue weighted by molar-refractivity contribution is 0.144. The molecular weight excluding hydrogens is 376 g/mol. The normalized spacial score (nSPS) is 12.1. The molecule has 3 aromatic carbocycles. The molecule has 0 radical (unpaired) electrons. The van der Waals surface area contributed by atoms with Crippen molar-refractivity contribution in [1.29, 1.82) is 0 Å². The molecule has 0 aromatic heterocycles. The zero-order valence-corrected chi connectivity index (χ0v) is 16.2. The minimum absolute atomic E-state index is 0.0436. The first-order valence-corrected chi connectivity index (χ1v) is 9.67. The van der Waals surface area contributed by atoms with E-state index in [1.807, 2.05) is 48.6 Å². The lowest BCUT2D eigenvalue weighted by Gasteiger charge is -2.14. The smallest absolute Gasteiger partial charge is 0.407 e. The Bertz CT molecular complexity index is 1100. The molecule has 0 atom stereocenters. The van der Waals surface area contributed by atoms with Crippen LogP contribution >= 0.6 is 0 Å². The monoisotopic (exact) mass is 396 g/mol. The molecule has 1 aliphatic carbocycles. The Hall–Kier alpha value is -4.02. The molecular formula is C24H20N4O2. The molecule has 0 fully saturated rings. The molecule has 30 heavy (non-hydrogen) atoms. The van der Waals surface area contributed by atoms with Gasteiger partial charge in [0.25, 0.3) is 0 Å². The first-order chi connectivity index (χ1) is 14.8. The molecule has 0 bridgehead atoms. The summed E-state index contributed by atoms with van der Waals surface area (Å²) in [5, 5.41) is 6.31. The molecule has 1 amide bonds. The number of rotatable bonds is 6. The fourth-order valence-corrected chi connectivity index (χ4v) is 3.73. The van der Waals surface area contributed by atoms with Crippen molar-refractivity contribution in [3.8, 4) is 11.1 Å². The zero-order valence-electron chi connectivity index (χ0n) is 16.2. The van der Waals surface area contributed by atoms with Gasteiger partial charge in [-0.15, -0.1) is 0 Å². The van der Waals surface area contributed by atoms with Crippen LogP contribution in [0.3, 0.4) is 0 Å². The Morgan fingerprint density at radius 2 is 1.73 bits per heavy atom. The van der Waals surface area contributed by atoms with Crippen molar-refractivity contribution >= 4 is 17.9 Å². The SMILES string of the molecule is [N-]=[N+]=Nc1cccc(C=CCNC(=O)OCC2c3ccccc3-c3ccccc32)c1. The number of azide groups is 1. The summed E-state index contributed by atoms with van der Waals surface area (Å²) in [6, 6.07) is 23.7. The summed E-state index contributed by atoms with van der Waals surface area (Å²) in [5.74, 6) is 0.0436. The van der Waals surface area contributed by atoms with Gasteiger partial charge in [-0.25, -0.2) is 4.79 Å². The van der Waals surface area contributed by atoms with Gasteiger partial charge in [0.05, 0.1) is 0 Å². The Labute approximate surface area is 174 Å². The predicted molar refractivity (Wildman–Crippen MR) is 117 cm³/mol. The van der Waals surface area contributed by atoms with Crippen molar-refractivity contribution in [2.45, 2.75) is 5.92 Å². The van der Waals surface area contributed by atoms with E-state index in [0.717, 1.165) is 5.56 Å². The van der Waals surface area contributed by atoms with Gasteiger partial charge in [-0.05, 0) is 39.4 Å². The highest BCUT2D eigenvalue weighted by Gasteiger charge is 2.28. The van der Waals surface area contributed by atoms with E-state index in [2.05, 4.69) is 39.6 Å². The number of nitrogens with zero attached hydrogens (tertiary/aromatic N) is 3. The van der Waals surface area contributed by atoms with Crippen molar-refractivity contribution < 1.29 is 9.53 Å². The summed E-state index contributed by atoms with van der Waals surface area (Å²) < 4.78 is 5.50. The number of alkyl carbamates (subject to hydrolysis) is 1. The molecule has 4 rings (SSSR count). The second-order valence-corrected chi connectivity index (χ2v) is 6.89. The Morgan fingerprint density at radius 1 is 1.03 bits per heavy atom. The van der Waals surface area contributed by atoms with Gasteiger partial charge < -0.3 is 10.1 Å². The molecule has 0 saturated carbocycles. The maximum Gasteiger partial charge on any atom is 0.407 e. The number of nitrogens with one attached hydrogen (secondary N) is 1. The zero-order chi connectivity index (χ0) is 20.8. The van der Waals surface area contributed by atoms with Crippen LogP contribution < -0.4 is 5.32 Å². The van der Waals surface area contributed by atoms with E-state index in [4.69, 9.17) is 10.3 Å². The van der Waals surface area contributed by atoms with Crippen molar-refractivity contribution in [2.75, 3.05) is 13.2 Å². The van der Waals surface area contributed by atoms with E-state index >= 15 is 0 Å². The molecule has 148 valence electrons. The maximum atomic E-state index is 12.2. The van der Waals surface area contributed by atoms with Gasteiger partial charge in [-0.2, -0.15) is 0 Å². The fourth-order valence-electron chi connectivity index (χ4n) is 3.73. The van der Waals surface area contributed by atoms with Gasteiger partial charge in [0.2, 0.25) is 0 Å². The number of hydrogen-bond donors (Lipinski definition) is 1. The summed E-state index contributed by atoms with van der Waals surface area (Å²) in [6.07, 6.45) is 3.21. The molecule has 0 spiro atoms. The van der Waals surface area contributed by atoms with E-state index in [1.54, 1.807) is 12.1 Å². The van der Waals surface area contributed by atoms with E-state index in [1.165, 1.54) is 22.3 Å². The van der Waals surface area contributed by atoms with Crippen LogP contribution in [-0.2, 0) is 4.74 Å². The molecule has 3 aromatic rings. The van der Waals surface area contributed by atoms with Crippen LogP contribution in [0.5, 0.6) is 0 Å². The molecule has 0 unspecified atom stereocenters. The third kappa shape index (κ3) is 4.19. The second-order valence-electron chi connectivity index (χ2n) is 6.89. The van der Waals surface area contributed by atoms with Crippen LogP contribution in [-0.4, -0.2) is 19.2 Å². The van der Waals surface area contributed by atoms with Gasteiger partial charge in [0, 0.05) is 23.1 Å². The van der Waals surface area contributed by atoms with Gasteiger partial charge in [0.1, 0.15) is 6.61 Å². The standard InChI is InChI=1S/C24H20N4O2/c25-28-27-18-9-5-7-17(15-18)8-6-14-26-24(29)30-16-23-21-12-3-1-10-19(21)20-11-2-4-13-22(20)23/h1-13,15,23H,14,16H2,(H,26,29). The Kier molecular flexibility index (Phi) is 5.78. The summed E-state index contributed by atoms with van der Waals surface area (Å²) >= 11 is 0. The fraction of sp³-hybridized carbons (Fsp3) is 0.125. The Balaban J connectivity index is 1.32. The summed E-state index contributed by atoms with van der Waals surface area (Å²) in [4.78, 5) is 14.9. The van der Waals surface area contributed by atoms with Gasteiger partial charge in [-0.1, -0.05) is 84.0 Å². The van der Waals surface area contributed by atoms with Crippen LogP contribution in [0.2, 0.25) is 0 Å². The average Bonchev–Trinajstić information content (AvgIpc) is 3.10. The quantitative estimate of drug-likeness (QED) is 0.306. The molecule has 1 N–H and O–H groups in total. The number of carbonyl (C=O) groups is 1. The van der Waals surface area contributed by atoms with E-state index in [0.29, 0.717) is 12.2 Å². The van der Waals surface area contributed by atoms with Crippen LogP contribution in [0.1, 0.15) is 22.6 Å². The van der Waals surface area contributed by atoms with E-state index in [9.17, 15) is 4.79 Å². The lowest BCUT2D eigenvalue weighted by Crippen LogP contribution is -2.26. The Morgan fingerprint density at radius 3 is 2.43 bits per heavy atom. The van der Waals surface area contributed by atoms with Crippen molar-refractivity contribution in [1.82, 2.24) is 5.32 Å². The number of ether oxygens (including phenoxy) is 1. The highest BCUT2D eigenvalue weighted by molar-refractivity contribution is 5.79. The van der Waals surface area contributed by atoms with Crippen LogP contribution in [0.4, 0.5) is 10.5 Å². The summed E-state index contributed by atoms with van der Waals surface area (Å²) in [7, 11) is 0. The van der Waals surface area contributed by atoms with E-state index < -0.39 is 6.09 Å². The lowest BCUT2D eigenvalue weighted by atomic mass is 9.98. The molecule has 1 aliphatic rings. The number of amides is 1. The highest BCUT2D eigenvalue weighted by Crippen LogP contribution is 2.44. The molecule has 0 saturated heterocycles.